The average Bonchev–Trinajstić information content (AvgIpc) is 3.59. The first-order valence-corrected chi connectivity index (χ1v) is 14.1. The van der Waals surface area contributed by atoms with Crippen molar-refractivity contribution < 1.29 is 33.3 Å². The van der Waals surface area contributed by atoms with Crippen molar-refractivity contribution in [3.8, 4) is 17.3 Å². The van der Waals surface area contributed by atoms with Crippen molar-refractivity contribution in [3.63, 3.8) is 0 Å². The summed E-state index contributed by atoms with van der Waals surface area (Å²) in [5.41, 5.74) is 1.19. The van der Waals surface area contributed by atoms with Crippen LogP contribution in [0.1, 0.15) is 45.0 Å². The summed E-state index contributed by atoms with van der Waals surface area (Å²) in [6.45, 7) is 6.72. The maximum atomic E-state index is 14.2. The molecule has 4 aromatic rings. The van der Waals surface area contributed by atoms with E-state index in [9.17, 15) is 14.0 Å². The third-order valence-corrected chi connectivity index (χ3v) is 6.79. The molecule has 1 amide bonds. The van der Waals surface area contributed by atoms with Gasteiger partial charge in [-0.3, -0.25) is 4.79 Å². The van der Waals surface area contributed by atoms with Gasteiger partial charge in [0.2, 0.25) is 5.88 Å². The van der Waals surface area contributed by atoms with E-state index in [1.54, 1.807) is 11.1 Å². The molecule has 1 N–H and O–H groups in total. The highest BCUT2D eigenvalue weighted by Gasteiger charge is 2.31. The zero-order valence-corrected chi connectivity index (χ0v) is 24.3. The molecule has 226 valence electrons. The number of carboxylic acids is 1. The second-order valence-corrected chi connectivity index (χ2v) is 11.4. The molecule has 0 unspecified atom stereocenters. The van der Waals surface area contributed by atoms with E-state index in [4.69, 9.17) is 29.3 Å². The second kappa shape index (κ2) is 12.6. The Hall–Kier alpha value is -4.74. The molecular formula is C31H34FN5O6. The van der Waals surface area contributed by atoms with Crippen LogP contribution < -0.4 is 9.47 Å². The van der Waals surface area contributed by atoms with Crippen LogP contribution in [0, 0.1) is 11.7 Å². The fourth-order valence-corrected chi connectivity index (χ4v) is 4.81. The van der Waals surface area contributed by atoms with Crippen molar-refractivity contribution in [2.24, 2.45) is 5.92 Å². The van der Waals surface area contributed by atoms with Crippen LogP contribution in [0.4, 0.5) is 9.18 Å². The highest BCUT2D eigenvalue weighted by Crippen LogP contribution is 2.31. The second-order valence-electron chi connectivity index (χ2n) is 11.4. The Morgan fingerprint density at radius 2 is 1.88 bits per heavy atom. The third kappa shape index (κ3) is 7.56. The number of fused-ring (bicyclic) bond motifs is 1. The molecule has 5 rings (SSSR count). The normalized spacial score (nSPS) is 15.1. The van der Waals surface area contributed by atoms with E-state index >= 15 is 0 Å². The van der Waals surface area contributed by atoms with Crippen molar-refractivity contribution in [1.29, 1.82) is 0 Å². The Morgan fingerprint density at radius 1 is 1.09 bits per heavy atom. The fourth-order valence-electron chi connectivity index (χ4n) is 4.81. The van der Waals surface area contributed by atoms with E-state index in [1.807, 2.05) is 51.1 Å². The van der Waals surface area contributed by atoms with Crippen LogP contribution >= 0.6 is 0 Å². The number of ether oxygens (including phenoxy) is 3. The number of carboxylic acid groups (broad SMARTS) is 1. The zero-order valence-electron chi connectivity index (χ0n) is 24.3. The molecule has 0 saturated carbocycles. The lowest BCUT2D eigenvalue weighted by Crippen LogP contribution is -2.35. The molecule has 0 aliphatic carbocycles. The fraction of sp³-hybridized carbons (Fsp3) is 0.387. The summed E-state index contributed by atoms with van der Waals surface area (Å²) in [5.74, 6) is -0.497. The van der Waals surface area contributed by atoms with Crippen LogP contribution in [-0.2, 0) is 22.6 Å². The van der Waals surface area contributed by atoms with E-state index in [0.29, 0.717) is 47.9 Å². The third-order valence-electron chi connectivity index (χ3n) is 6.79. The summed E-state index contributed by atoms with van der Waals surface area (Å²) in [6, 6.07) is 13.6. The first-order chi connectivity index (χ1) is 20.6. The zero-order chi connectivity index (χ0) is 30.6. The van der Waals surface area contributed by atoms with E-state index in [2.05, 4.69) is 5.10 Å². The van der Waals surface area contributed by atoms with Crippen molar-refractivity contribution in [2.75, 3.05) is 19.7 Å². The number of amides is 1. The molecule has 1 saturated heterocycles. The topological polar surface area (TPSA) is 129 Å². The van der Waals surface area contributed by atoms with Crippen LogP contribution in [0.25, 0.3) is 16.7 Å². The lowest BCUT2D eigenvalue weighted by atomic mass is 10.0. The van der Waals surface area contributed by atoms with Gasteiger partial charge < -0.3 is 24.2 Å². The molecular weight excluding hydrogens is 557 g/mol. The van der Waals surface area contributed by atoms with Gasteiger partial charge in [0.15, 0.2) is 5.65 Å². The lowest BCUT2D eigenvalue weighted by molar-refractivity contribution is -0.137. The number of likely N-dealkylation sites (tertiary alicyclic amines) is 1. The first kappa shape index (κ1) is 29.7. The molecule has 0 bridgehead atoms. The van der Waals surface area contributed by atoms with Gasteiger partial charge in [0.25, 0.3) is 0 Å². The Morgan fingerprint density at radius 3 is 2.63 bits per heavy atom. The molecule has 11 nitrogen and oxygen atoms in total. The molecule has 2 aromatic carbocycles. The molecule has 1 fully saturated rings. The van der Waals surface area contributed by atoms with Gasteiger partial charge in [-0.05, 0) is 50.8 Å². The Labute approximate surface area is 248 Å². The largest absolute Gasteiger partial charge is 0.491 e. The maximum absolute atomic E-state index is 14.2. The molecule has 0 radical (unpaired) electrons. The summed E-state index contributed by atoms with van der Waals surface area (Å²) >= 11 is 0. The van der Waals surface area contributed by atoms with Crippen molar-refractivity contribution in [2.45, 2.75) is 52.2 Å². The monoisotopic (exact) mass is 591 g/mol. The van der Waals surface area contributed by atoms with Crippen LogP contribution in [0.3, 0.4) is 0 Å². The minimum atomic E-state index is -1.03. The molecule has 1 atom stereocenters. The van der Waals surface area contributed by atoms with Crippen LogP contribution in [0.15, 0.2) is 54.7 Å². The summed E-state index contributed by atoms with van der Waals surface area (Å²) in [4.78, 5) is 34.9. The van der Waals surface area contributed by atoms with Crippen LogP contribution in [-0.4, -0.2) is 67.1 Å². The molecule has 0 spiro atoms. The predicted octanol–water partition coefficient (Wildman–Crippen LogP) is 5.19. The maximum Gasteiger partial charge on any atom is 0.410 e. The smallest absolute Gasteiger partial charge is 0.410 e. The number of halogens is 1. The summed E-state index contributed by atoms with van der Waals surface area (Å²) < 4.78 is 33.0. The predicted molar refractivity (Wildman–Crippen MR) is 155 cm³/mol. The van der Waals surface area contributed by atoms with Crippen molar-refractivity contribution >= 4 is 23.1 Å². The minimum absolute atomic E-state index is 0.101. The lowest BCUT2D eigenvalue weighted by Gasteiger charge is -2.24. The van der Waals surface area contributed by atoms with Crippen molar-refractivity contribution in [3.05, 3.63) is 71.9 Å². The van der Waals surface area contributed by atoms with Gasteiger partial charge in [-0.1, -0.05) is 30.3 Å². The van der Waals surface area contributed by atoms with Gasteiger partial charge in [0.1, 0.15) is 40.7 Å². The molecule has 2 aromatic heterocycles. The number of nitrogens with zero attached hydrogens (tertiary/aromatic N) is 5. The molecule has 1 aliphatic heterocycles. The quantitative estimate of drug-likeness (QED) is 0.265. The van der Waals surface area contributed by atoms with Gasteiger partial charge in [0.05, 0.1) is 19.2 Å². The van der Waals surface area contributed by atoms with Gasteiger partial charge in [0, 0.05) is 25.6 Å². The van der Waals surface area contributed by atoms with E-state index in [-0.39, 0.29) is 37.4 Å². The standard InChI is InChI=1S/C31H34FN5O6/c1-31(2,3)43-30(40)36-13-11-21(18-36)15-26-34-28-23(29(35-26)42-19-20-7-5-4-6-8-20)17-33-37(28)24-10-9-22(32)16-25(24)41-14-12-27(38)39/h4-10,16-17,21H,11-15,18-19H2,1-3H3,(H,38,39)/t21-/m1/s1. The Bertz CT molecular complexity index is 1600. The van der Waals surface area contributed by atoms with Gasteiger partial charge in [-0.2, -0.15) is 10.1 Å². The van der Waals surface area contributed by atoms with Gasteiger partial charge >= 0.3 is 12.1 Å². The number of benzene rings is 2. The summed E-state index contributed by atoms with van der Waals surface area (Å²) in [7, 11) is 0. The first-order valence-electron chi connectivity index (χ1n) is 14.1. The molecule has 1 aliphatic rings. The SMILES string of the molecule is CC(C)(C)OC(=O)N1CC[C@H](Cc2nc(OCc3ccccc3)c3cnn(-c4ccc(F)cc4OCCC(=O)O)c3n2)C1. The average molecular weight is 592 g/mol. The Balaban J connectivity index is 1.46. The molecule has 12 heteroatoms. The number of rotatable bonds is 10. The number of carbonyl (C=O) groups is 2. The van der Waals surface area contributed by atoms with Crippen LogP contribution in [0.5, 0.6) is 11.6 Å². The number of aliphatic carboxylic acids is 1. The minimum Gasteiger partial charge on any atom is -0.491 e. The summed E-state index contributed by atoms with van der Waals surface area (Å²) in [6.07, 6.45) is 2.22. The van der Waals surface area contributed by atoms with E-state index in [1.165, 1.54) is 22.9 Å². The molecule has 43 heavy (non-hydrogen) atoms. The summed E-state index contributed by atoms with van der Waals surface area (Å²) in [5, 5.41) is 14.1. The number of aromatic nitrogens is 4. The number of hydrogen-bond donors (Lipinski definition) is 1. The van der Waals surface area contributed by atoms with Crippen molar-refractivity contribution in [1.82, 2.24) is 24.6 Å². The highest BCUT2D eigenvalue weighted by atomic mass is 19.1. The highest BCUT2D eigenvalue weighted by molar-refractivity contribution is 5.82. The van der Waals surface area contributed by atoms with Crippen LogP contribution in [0.2, 0.25) is 0 Å². The van der Waals surface area contributed by atoms with Gasteiger partial charge in [-0.25, -0.2) is 18.9 Å². The van der Waals surface area contributed by atoms with E-state index in [0.717, 1.165) is 12.0 Å². The number of hydrogen-bond acceptors (Lipinski definition) is 8. The number of carbonyl (C=O) groups excluding carboxylic acids is 1. The van der Waals surface area contributed by atoms with E-state index < -0.39 is 17.4 Å². The Kier molecular flexibility index (Phi) is 8.74. The van der Waals surface area contributed by atoms with Gasteiger partial charge in [-0.15, -0.1) is 0 Å². The molecule has 3 heterocycles.